The fourth-order valence-electron chi connectivity index (χ4n) is 0.0722. The number of hydrazine groups is 1. The topological polar surface area (TPSA) is 33.3 Å². The Balaban J connectivity index is 2.00. The Morgan fingerprint density at radius 3 is 2.00 bits per heavy atom. The van der Waals surface area contributed by atoms with Crippen LogP contribution in [0.15, 0.2) is 0 Å². The highest BCUT2D eigenvalue weighted by atomic mass is 16.7. The van der Waals surface area contributed by atoms with Crippen molar-refractivity contribution in [2.75, 3.05) is 6.73 Å². The van der Waals surface area contributed by atoms with E-state index in [1.807, 2.05) is 0 Å². The van der Waals surface area contributed by atoms with Crippen molar-refractivity contribution in [1.29, 1.82) is 0 Å². The molecule has 0 atom stereocenters. The summed E-state index contributed by atoms with van der Waals surface area (Å²) >= 11 is 0. The molecular formula is CH4N2O. The zero-order valence-electron chi connectivity index (χ0n) is 2.12. The molecule has 0 spiro atoms. The van der Waals surface area contributed by atoms with Gasteiger partial charge in [0, 0.05) is 0 Å². The maximum Gasteiger partial charge on any atom is 0.134 e. The van der Waals surface area contributed by atoms with E-state index in [2.05, 4.69) is 15.9 Å². The third-order valence-electron chi connectivity index (χ3n) is 0.289. The van der Waals surface area contributed by atoms with Crippen LogP contribution in [-0.2, 0) is 4.84 Å². The first-order valence-corrected chi connectivity index (χ1v) is 1.10. The molecule has 2 N–H and O–H groups in total. The molecule has 0 saturated carbocycles. The van der Waals surface area contributed by atoms with Gasteiger partial charge in [-0.05, 0) is 0 Å². The monoisotopic (exact) mass is 60.0 g/mol. The average Bonchev–Trinajstić information content (AvgIpc) is 0.722. The summed E-state index contributed by atoms with van der Waals surface area (Å²) in [5, 5.41) is 0. The van der Waals surface area contributed by atoms with E-state index in [0.29, 0.717) is 6.73 Å². The summed E-state index contributed by atoms with van der Waals surface area (Å²) in [5.74, 6) is 0. The van der Waals surface area contributed by atoms with E-state index in [-0.39, 0.29) is 0 Å². The van der Waals surface area contributed by atoms with Gasteiger partial charge < -0.3 is 0 Å². The Kier molecular flexibility index (Phi) is 0.361. The second-order valence-corrected chi connectivity index (χ2v) is 0.568. The van der Waals surface area contributed by atoms with Gasteiger partial charge in [0.15, 0.2) is 0 Å². The largest absolute Gasteiger partial charge is 0.270 e. The van der Waals surface area contributed by atoms with Crippen molar-refractivity contribution in [2.24, 2.45) is 0 Å². The molecule has 0 aromatic rings. The quantitative estimate of drug-likeness (QED) is 0.375. The van der Waals surface area contributed by atoms with Gasteiger partial charge in [0.1, 0.15) is 6.73 Å². The second-order valence-electron chi connectivity index (χ2n) is 0.568. The molecular weight excluding hydrogens is 56.0 g/mol. The molecule has 1 fully saturated rings. The lowest BCUT2D eigenvalue weighted by Gasteiger charge is -2.13. The second kappa shape index (κ2) is 0.676. The van der Waals surface area contributed by atoms with Gasteiger partial charge in [0.25, 0.3) is 0 Å². The molecule has 1 rings (SSSR count). The Morgan fingerprint density at radius 2 is 2.00 bits per heavy atom. The number of nitrogens with one attached hydrogen (secondary N) is 2. The molecule has 0 bridgehead atoms. The molecule has 1 heterocycles. The van der Waals surface area contributed by atoms with Gasteiger partial charge in [-0.25, -0.2) is 5.43 Å². The van der Waals surface area contributed by atoms with Crippen LogP contribution in [0.5, 0.6) is 0 Å². The van der Waals surface area contributed by atoms with Crippen LogP contribution in [0.2, 0.25) is 0 Å². The van der Waals surface area contributed by atoms with E-state index in [9.17, 15) is 0 Å². The van der Waals surface area contributed by atoms with Crippen LogP contribution in [0.1, 0.15) is 0 Å². The summed E-state index contributed by atoms with van der Waals surface area (Å²) in [4.78, 5) is 4.36. The molecule has 0 radical (unpaired) electrons. The SMILES string of the molecule is C1NNO1. The van der Waals surface area contributed by atoms with E-state index in [1.54, 1.807) is 0 Å². The smallest absolute Gasteiger partial charge is 0.134 e. The fraction of sp³-hybridized carbons (Fsp3) is 1.00. The van der Waals surface area contributed by atoms with Crippen molar-refractivity contribution in [1.82, 2.24) is 11.0 Å². The fourth-order valence-corrected chi connectivity index (χ4v) is 0.0722. The van der Waals surface area contributed by atoms with Crippen LogP contribution in [0.3, 0.4) is 0 Å². The van der Waals surface area contributed by atoms with Crippen LogP contribution in [0.25, 0.3) is 0 Å². The van der Waals surface area contributed by atoms with Crippen LogP contribution < -0.4 is 11.0 Å². The summed E-state index contributed by atoms with van der Waals surface area (Å²) in [6, 6.07) is 0. The minimum atomic E-state index is 0.639. The normalized spacial score (nSPS) is 24.0. The standard InChI is InChI=1S/CH4N2O/c1-2-3-4-1/h2-3H,1H2. The summed E-state index contributed by atoms with van der Waals surface area (Å²) in [6.07, 6.45) is 0. The summed E-state index contributed by atoms with van der Waals surface area (Å²) < 4.78 is 0. The van der Waals surface area contributed by atoms with Crippen molar-refractivity contribution in [3.05, 3.63) is 0 Å². The van der Waals surface area contributed by atoms with Crippen LogP contribution in [0.4, 0.5) is 0 Å². The zero-order valence-corrected chi connectivity index (χ0v) is 2.12. The Bertz CT molecular complexity index is 14.0. The maximum atomic E-state index is 4.36. The Morgan fingerprint density at radius 1 is 1.75 bits per heavy atom. The van der Waals surface area contributed by atoms with E-state index in [1.165, 1.54) is 0 Å². The van der Waals surface area contributed by atoms with E-state index in [4.69, 9.17) is 0 Å². The lowest BCUT2D eigenvalue weighted by molar-refractivity contribution is -0.112. The van der Waals surface area contributed by atoms with Gasteiger partial charge in [-0.2, -0.15) is 0 Å². The first-order chi connectivity index (χ1) is 2.00. The Labute approximate surface area is 23.9 Å². The number of rotatable bonds is 0. The third kappa shape index (κ3) is 0.0967. The van der Waals surface area contributed by atoms with E-state index < -0.39 is 0 Å². The molecule has 0 amide bonds. The van der Waals surface area contributed by atoms with Crippen LogP contribution >= 0.6 is 0 Å². The van der Waals surface area contributed by atoms with E-state index in [0.717, 1.165) is 0 Å². The van der Waals surface area contributed by atoms with Gasteiger partial charge in [0.2, 0.25) is 0 Å². The summed E-state index contributed by atoms with van der Waals surface area (Å²) in [7, 11) is 0. The van der Waals surface area contributed by atoms with Crippen molar-refractivity contribution >= 4 is 0 Å². The summed E-state index contributed by atoms with van der Waals surface area (Å²) in [5.41, 5.74) is 5.00. The molecule has 1 aliphatic rings. The number of hydrogen-bond donors (Lipinski definition) is 2. The minimum Gasteiger partial charge on any atom is -0.270 e. The number of hydrogen-bond acceptors (Lipinski definition) is 3. The van der Waals surface area contributed by atoms with Crippen molar-refractivity contribution < 1.29 is 4.84 Å². The maximum absolute atomic E-state index is 4.36. The highest BCUT2D eigenvalue weighted by Gasteiger charge is 1.89. The minimum absolute atomic E-state index is 0.639. The summed E-state index contributed by atoms with van der Waals surface area (Å²) in [6.45, 7) is 0.639. The molecule has 4 heavy (non-hydrogen) atoms. The molecule has 3 heteroatoms. The molecule has 0 aliphatic carbocycles. The first kappa shape index (κ1) is 2.14. The van der Waals surface area contributed by atoms with Gasteiger partial charge in [-0.15, -0.1) is 5.59 Å². The predicted octanol–water partition coefficient (Wildman–Crippen LogP) is -1.02. The first-order valence-electron chi connectivity index (χ1n) is 1.10. The molecule has 3 nitrogen and oxygen atoms in total. The van der Waals surface area contributed by atoms with Crippen LogP contribution in [-0.4, -0.2) is 6.73 Å². The van der Waals surface area contributed by atoms with Gasteiger partial charge >= 0.3 is 0 Å². The molecule has 0 aromatic heterocycles. The molecule has 0 aromatic carbocycles. The average molecular weight is 60.1 g/mol. The van der Waals surface area contributed by atoms with Crippen molar-refractivity contribution in [2.45, 2.75) is 0 Å². The Hall–Kier alpha value is -0.120. The highest BCUT2D eigenvalue weighted by molar-refractivity contribution is 4.17. The van der Waals surface area contributed by atoms with Gasteiger partial charge in [-0.1, -0.05) is 0 Å². The molecule has 1 aliphatic heterocycles. The molecule has 0 unspecified atom stereocenters. The lowest BCUT2D eigenvalue weighted by Crippen LogP contribution is -2.46. The third-order valence-corrected chi connectivity index (χ3v) is 0.289. The molecule has 1 saturated heterocycles. The van der Waals surface area contributed by atoms with Gasteiger partial charge in [-0.3, -0.25) is 4.84 Å². The molecule has 24 valence electrons. The van der Waals surface area contributed by atoms with Crippen molar-refractivity contribution in [3.8, 4) is 0 Å². The van der Waals surface area contributed by atoms with E-state index >= 15 is 0 Å². The van der Waals surface area contributed by atoms with Crippen molar-refractivity contribution in [3.63, 3.8) is 0 Å². The van der Waals surface area contributed by atoms with Crippen LogP contribution in [0, 0.1) is 0 Å². The van der Waals surface area contributed by atoms with Gasteiger partial charge in [0.05, 0.1) is 0 Å². The predicted molar refractivity (Wildman–Crippen MR) is 12.2 cm³/mol. The lowest BCUT2D eigenvalue weighted by atomic mass is 11.3. The highest BCUT2D eigenvalue weighted by Crippen LogP contribution is 1.62. The zero-order chi connectivity index (χ0) is 2.83.